The Hall–Kier alpha value is -3.39. The highest BCUT2D eigenvalue weighted by atomic mass is 35.5. The van der Waals surface area contributed by atoms with Crippen LogP contribution in [0.3, 0.4) is 0 Å². The molecule has 1 fully saturated rings. The Morgan fingerprint density at radius 2 is 2.06 bits per heavy atom. The third-order valence-corrected chi connectivity index (χ3v) is 5.68. The number of hydrogen-bond acceptors (Lipinski definition) is 5. The fourth-order valence-corrected chi connectivity index (χ4v) is 4.21. The van der Waals surface area contributed by atoms with E-state index < -0.39 is 17.7 Å². The van der Waals surface area contributed by atoms with Crippen molar-refractivity contribution < 1.29 is 14.7 Å². The number of Topliss-reactive ketones (excluding diaryl/α,β-unsaturated/α-hetero) is 1. The Morgan fingerprint density at radius 3 is 2.71 bits per heavy atom. The van der Waals surface area contributed by atoms with Crippen molar-refractivity contribution in [2.24, 2.45) is 0 Å². The number of rotatable bonds is 6. The molecule has 3 aromatic rings. The van der Waals surface area contributed by atoms with E-state index in [0.29, 0.717) is 47.0 Å². The molecule has 0 aliphatic carbocycles. The maximum Gasteiger partial charge on any atom is 0.295 e. The third kappa shape index (κ3) is 3.86. The highest BCUT2D eigenvalue weighted by molar-refractivity contribution is 6.46. The summed E-state index contributed by atoms with van der Waals surface area (Å²) in [6.07, 6.45) is 5.85. The van der Waals surface area contributed by atoms with Crippen LogP contribution in [0.15, 0.2) is 48.6 Å². The maximum atomic E-state index is 13.0. The molecular weight excluding hydrogens is 418 g/mol. The van der Waals surface area contributed by atoms with Gasteiger partial charge in [0, 0.05) is 36.2 Å². The number of ketones is 1. The van der Waals surface area contributed by atoms with Crippen molar-refractivity contribution in [1.82, 2.24) is 24.6 Å². The summed E-state index contributed by atoms with van der Waals surface area (Å²) in [6, 6.07) is 6.25. The quantitative estimate of drug-likeness (QED) is 0.348. The van der Waals surface area contributed by atoms with E-state index >= 15 is 0 Å². The summed E-state index contributed by atoms with van der Waals surface area (Å²) >= 11 is 6.20. The highest BCUT2D eigenvalue weighted by Gasteiger charge is 2.46. The summed E-state index contributed by atoms with van der Waals surface area (Å²) in [5, 5.41) is 18.5. The topological polar surface area (TPSA) is 104 Å². The highest BCUT2D eigenvalue weighted by Crippen LogP contribution is 2.40. The van der Waals surface area contributed by atoms with Crippen LogP contribution in [0.25, 0.3) is 5.76 Å². The molecule has 0 spiro atoms. The number of carbonyl (C=O) groups excluding carboxylic acids is 2. The fourth-order valence-electron chi connectivity index (χ4n) is 4.01. The summed E-state index contributed by atoms with van der Waals surface area (Å²) in [5.74, 6) is -1.59. The third-order valence-electron chi connectivity index (χ3n) is 5.44. The molecular formula is C22H22ClN5O3. The Balaban J connectivity index is 1.77. The van der Waals surface area contributed by atoms with Crippen LogP contribution in [0.1, 0.15) is 35.0 Å². The minimum absolute atomic E-state index is 0.0440. The number of imidazole rings is 1. The van der Waals surface area contributed by atoms with Gasteiger partial charge in [-0.1, -0.05) is 23.7 Å². The van der Waals surface area contributed by atoms with E-state index in [-0.39, 0.29) is 11.3 Å². The molecule has 31 heavy (non-hydrogen) atoms. The van der Waals surface area contributed by atoms with Crippen molar-refractivity contribution in [3.05, 3.63) is 76.1 Å². The first-order chi connectivity index (χ1) is 14.9. The van der Waals surface area contributed by atoms with E-state index in [1.54, 1.807) is 50.6 Å². The minimum atomic E-state index is -0.741. The van der Waals surface area contributed by atoms with E-state index in [1.807, 2.05) is 10.8 Å². The average Bonchev–Trinajstić information content (AvgIpc) is 3.43. The number of likely N-dealkylation sites (tertiary alicyclic amines) is 1. The number of halogens is 1. The lowest BCUT2D eigenvalue weighted by molar-refractivity contribution is -0.139. The lowest BCUT2D eigenvalue weighted by Gasteiger charge is -2.25. The van der Waals surface area contributed by atoms with Crippen LogP contribution in [0, 0.1) is 13.8 Å². The van der Waals surface area contributed by atoms with Gasteiger partial charge in [-0.25, -0.2) is 4.98 Å². The van der Waals surface area contributed by atoms with Gasteiger partial charge in [0.15, 0.2) is 0 Å². The number of aliphatic hydroxyl groups excluding tert-OH is 1. The predicted octanol–water partition coefficient (Wildman–Crippen LogP) is 3.39. The summed E-state index contributed by atoms with van der Waals surface area (Å²) < 4.78 is 1.91. The van der Waals surface area contributed by atoms with Gasteiger partial charge in [0.1, 0.15) is 5.76 Å². The van der Waals surface area contributed by atoms with Gasteiger partial charge in [0.2, 0.25) is 0 Å². The minimum Gasteiger partial charge on any atom is -0.507 e. The zero-order valence-corrected chi connectivity index (χ0v) is 17.9. The molecule has 8 nitrogen and oxygen atoms in total. The maximum absolute atomic E-state index is 13.0. The number of nitrogens with one attached hydrogen (secondary N) is 1. The van der Waals surface area contributed by atoms with Crippen LogP contribution in [0.2, 0.25) is 5.02 Å². The summed E-state index contributed by atoms with van der Waals surface area (Å²) in [6.45, 7) is 4.46. The number of aliphatic hydroxyl groups is 1. The smallest absolute Gasteiger partial charge is 0.295 e. The number of H-pyrrole nitrogens is 1. The largest absolute Gasteiger partial charge is 0.507 e. The lowest BCUT2D eigenvalue weighted by atomic mass is 9.94. The standard InChI is InChI=1S/C22H22ClN5O3/c1-13-17(14(2)26-25-13)20(29)18-19(15-5-3-6-16(23)11-15)28(22(31)21(18)30)9-4-8-27-10-7-24-12-27/h3,5-7,10-12,19,29H,4,8-9H2,1-2H3,(H,25,26)/t19-/m1/s1. The molecule has 0 unspecified atom stereocenters. The van der Waals surface area contributed by atoms with Gasteiger partial charge in [-0.3, -0.25) is 14.7 Å². The van der Waals surface area contributed by atoms with Crippen molar-refractivity contribution in [3.8, 4) is 0 Å². The van der Waals surface area contributed by atoms with Crippen LogP contribution in [-0.2, 0) is 16.1 Å². The molecule has 0 saturated carbocycles. The van der Waals surface area contributed by atoms with Crippen molar-refractivity contribution in [2.45, 2.75) is 32.9 Å². The monoisotopic (exact) mass is 439 g/mol. The summed E-state index contributed by atoms with van der Waals surface area (Å²) in [5.41, 5.74) is 2.30. The van der Waals surface area contributed by atoms with Crippen molar-refractivity contribution in [1.29, 1.82) is 0 Å². The Labute approximate surface area is 184 Å². The van der Waals surface area contributed by atoms with Crippen molar-refractivity contribution >= 4 is 29.1 Å². The predicted molar refractivity (Wildman–Crippen MR) is 115 cm³/mol. The second kappa shape index (κ2) is 8.39. The molecule has 160 valence electrons. The van der Waals surface area contributed by atoms with E-state index in [9.17, 15) is 14.7 Å². The number of benzene rings is 1. The van der Waals surface area contributed by atoms with Gasteiger partial charge < -0.3 is 14.6 Å². The normalized spacial score (nSPS) is 18.2. The molecule has 1 amide bonds. The van der Waals surface area contributed by atoms with Gasteiger partial charge in [-0.05, 0) is 38.0 Å². The van der Waals surface area contributed by atoms with Crippen molar-refractivity contribution in [2.75, 3.05) is 6.54 Å². The Kier molecular flexibility index (Phi) is 5.65. The van der Waals surface area contributed by atoms with E-state index in [1.165, 1.54) is 4.90 Å². The molecule has 2 aromatic heterocycles. The first kappa shape index (κ1) is 20.9. The lowest BCUT2D eigenvalue weighted by Crippen LogP contribution is -2.31. The number of aromatic amines is 1. The zero-order valence-electron chi connectivity index (χ0n) is 17.2. The molecule has 1 saturated heterocycles. The van der Waals surface area contributed by atoms with E-state index in [0.717, 1.165) is 0 Å². The SMILES string of the molecule is Cc1n[nH]c(C)c1C(O)=C1C(=O)C(=O)N(CCCn2ccnc2)[C@@H]1c1cccc(Cl)c1. The zero-order chi connectivity index (χ0) is 22.1. The number of aryl methyl sites for hydroxylation is 3. The van der Waals surface area contributed by atoms with E-state index in [2.05, 4.69) is 15.2 Å². The number of carbonyl (C=O) groups is 2. The second-order valence-electron chi connectivity index (χ2n) is 7.51. The molecule has 1 aliphatic rings. The first-order valence-electron chi connectivity index (χ1n) is 9.90. The van der Waals surface area contributed by atoms with Crippen LogP contribution in [0.5, 0.6) is 0 Å². The molecule has 9 heteroatoms. The Morgan fingerprint density at radius 1 is 1.26 bits per heavy atom. The molecule has 0 radical (unpaired) electrons. The van der Waals surface area contributed by atoms with Crippen LogP contribution < -0.4 is 0 Å². The first-order valence-corrected chi connectivity index (χ1v) is 10.3. The summed E-state index contributed by atoms with van der Waals surface area (Å²) in [7, 11) is 0. The van der Waals surface area contributed by atoms with Gasteiger partial charge in [-0.15, -0.1) is 0 Å². The Bertz CT molecular complexity index is 1150. The molecule has 4 rings (SSSR count). The molecule has 2 N–H and O–H groups in total. The number of amides is 1. The van der Waals surface area contributed by atoms with Crippen molar-refractivity contribution in [3.63, 3.8) is 0 Å². The number of hydrogen-bond donors (Lipinski definition) is 2. The molecule has 1 aromatic carbocycles. The molecule has 1 aliphatic heterocycles. The molecule has 3 heterocycles. The second-order valence-corrected chi connectivity index (χ2v) is 7.95. The van der Waals surface area contributed by atoms with Gasteiger partial charge in [-0.2, -0.15) is 5.10 Å². The molecule has 1 atom stereocenters. The van der Waals surface area contributed by atoms with Crippen LogP contribution in [-0.4, -0.2) is 48.0 Å². The van der Waals surface area contributed by atoms with Crippen LogP contribution >= 0.6 is 11.6 Å². The van der Waals surface area contributed by atoms with Gasteiger partial charge >= 0.3 is 0 Å². The summed E-state index contributed by atoms with van der Waals surface area (Å²) in [4.78, 5) is 31.5. The van der Waals surface area contributed by atoms with E-state index in [4.69, 9.17) is 11.6 Å². The van der Waals surface area contributed by atoms with Gasteiger partial charge in [0.25, 0.3) is 11.7 Å². The molecule has 0 bridgehead atoms. The fraction of sp³-hybridized carbons (Fsp3) is 0.273. The average molecular weight is 440 g/mol. The number of aromatic nitrogens is 4. The van der Waals surface area contributed by atoms with Gasteiger partial charge in [0.05, 0.1) is 29.2 Å². The number of nitrogens with zero attached hydrogens (tertiary/aromatic N) is 4. The van der Waals surface area contributed by atoms with Crippen LogP contribution in [0.4, 0.5) is 0 Å².